The molecule has 0 spiro atoms. The van der Waals surface area contributed by atoms with Gasteiger partial charge in [0, 0.05) is 16.6 Å². The van der Waals surface area contributed by atoms with Gasteiger partial charge in [-0.25, -0.2) is 0 Å². The summed E-state index contributed by atoms with van der Waals surface area (Å²) in [5, 5.41) is 4.42. The van der Waals surface area contributed by atoms with Crippen molar-refractivity contribution in [3.63, 3.8) is 0 Å². The van der Waals surface area contributed by atoms with Gasteiger partial charge in [-0.05, 0) is 54.4 Å². The molecule has 5 heteroatoms. The molecule has 0 aliphatic carbocycles. The van der Waals surface area contributed by atoms with Gasteiger partial charge in [0.2, 0.25) is 0 Å². The molecular weight excluding hydrogens is 384 g/mol. The van der Waals surface area contributed by atoms with Crippen molar-refractivity contribution >= 4 is 37.6 Å². The molecule has 0 bridgehead atoms. The van der Waals surface area contributed by atoms with Crippen molar-refractivity contribution in [2.24, 2.45) is 0 Å². The monoisotopic (exact) mass is 398 g/mol. The summed E-state index contributed by atoms with van der Waals surface area (Å²) in [6.07, 6.45) is 0.344. The largest absolute Gasteiger partial charge is 0.294 e. The summed E-state index contributed by atoms with van der Waals surface area (Å²) in [5.74, 6) is 0.0900. The number of benzene rings is 1. The van der Waals surface area contributed by atoms with Crippen LogP contribution in [0.15, 0.2) is 27.1 Å². The topological polar surface area (TPSA) is 34.9 Å². The lowest BCUT2D eigenvalue weighted by Crippen LogP contribution is -2.10. The smallest absolute Gasteiger partial charge is 0.169 e. The minimum atomic E-state index is 0.0900. The van der Waals surface area contributed by atoms with Crippen LogP contribution in [0.3, 0.4) is 0 Å². The van der Waals surface area contributed by atoms with Gasteiger partial charge in [0.1, 0.15) is 0 Å². The summed E-state index contributed by atoms with van der Waals surface area (Å²) in [5.41, 5.74) is 3.69. The molecule has 2 aromatic rings. The molecule has 0 amide bonds. The summed E-state index contributed by atoms with van der Waals surface area (Å²) in [4.78, 5) is 12.5. The predicted octanol–water partition coefficient (Wildman–Crippen LogP) is 4.47. The second kappa shape index (κ2) is 6.22. The van der Waals surface area contributed by atoms with E-state index in [1.54, 1.807) is 0 Å². The van der Waals surface area contributed by atoms with Crippen LogP contribution in [0, 0.1) is 13.8 Å². The molecule has 0 unspecified atom stereocenters. The lowest BCUT2D eigenvalue weighted by atomic mass is 10.0. The zero-order valence-electron chi connectivity index (χ0n) is 11.7. The fourth-order valence-electron chi connectivity index (χ4n) is 2.13. The van der Waals surface area contributed by atoms with Crippen molar-refractivity contribution in [2.45, 2.75) is 33.7 Å². The highest BCUT2D eigenvalue weighted by Gasteiger charge is 2.18. The average molecular weight is 400 g/mol. The molecule has 2 rings (SSSR count). The van der Waals surface area contributed by atoms with Gasteiger partial charge in [-0.2, -0.15) is 5.10 Å². The average Bonchev–Trinajstić information content (AvgIpc) is 2.66. The molecule has 0 aliphatic rings. The van der Waals surface area contributed by atoms with E-state index in [0.29, 0.717) is 12.0 Å². The van der Waals surface area contributed by atoms with E-state index in [9.17, 15) is 4.79 Å². The fraction of sp³-hybridized carbons (Fsp3) is 0.333. The van der Waals surface area contributed by atoms with E-state index < -0.39 is 0 Å². The molecule has 0 N–H and O–H groups in total. The Morgan fingerprint density at radius 3 is 2.60 bits per heavy atom. The van der Waals surface area contributed by atoms with Crippen molar-refractivity contribution in [2.75, 3.05) is 0 Å². The Morgan fingerprint density at radius 1 is 1.30 bits per heavy atom. The first kappa shape index (κ1) is 15.4. The van der Waals surface area contributed by atoms with Crippen molar-refractivity contribution < 1.29 is 4.79 Å². The maximum Gasteiger partial charge on any atom is 0.169 e. The molecule has 3 nitrogen and oxygen atoms in total. The van der Waals surface area contributed by atoms with E-state index in [4.69, 9.17) is 0 Å². The quantitative estimate of drug-likeness (QED) is 0.710. The third kappa shape index (κ3) is 3.04. The van der Waals surface area contributed by atoms with E-state index in [2.05, 4.69) is 37.0 Å². The molecule has 1 aromatic carbocycles. The number of hydrogen-bond acceptors (Lipinski definition) is 2. The summed E-state index contributed by atoms with van der Waals surface area (Å²) >= 11 is 6.99. The second-order valence-electron chi connectivity index (χ2n) is 4.75. The fourth-order valence-corrected chi connectivity index (χ4v) is 3.27. The second-order valence-corrected chi connectivity index (χ2v) is 6.39. The molecular formula is C15H16Br2N2O. The number of carbonyl (C=O) groups excluding carboxylic acids is 1. The maximum absolute atomic E-state index is 12.5. The minimum absolute atomic E-state index is 0.0900. The summed E-state index contributed by atoms with van der Waals surface area (Å²) in [7, 11) is 0. The standard InChI is InChI=1S/C15H16Br2N2O/c1-4-19-13(15(17)10(3)18-19)8-14(20)11-6-5-9(2)7-12(11)16/h5-7H,4,8H2,1-3H3. The third-order valence-electron chi connectivity index (χ3n) is 3.21. The molecule has 0 radical (unpaired) electrons. The minimum Gasteiger partial charge on any atom is -0.294 e. The number of rotatable bonds is 4. The normalized spacial score (nSPS) is 10.8. The van der Waals surface area contributed by atoms with Gasteiger partial charge < -0.3 is 0 Å². The first-order valence-electron chi connectivity index (χ1n) is 6.45. The van der Waals surface area contributed by atoms with Crippen LogP contribution in [0.25, 0.3) is 0 Å². The molecule has 0 saturated carbocycles. The number of hydrogen-bond donors (Lipinski definition) is 0. The van der Waals surface area contributed by atoms with Crippen LogP contribution in [-0.2, 0) is 13.0 Å². The summed E-state index contributed by atoms with van der Waals surface area (Å²) in [6.45, 7) is 6.72. The van der Waals surface area contributed by atoms with E-state index >= 15 is 0 Å². The zero-order valence-corrected chi connectivity index (χ0v) is 14.9. The molecule has 20 heavy (non-hydrogen) atoms. The van der Waals surface area contributed by atoms with Gasteiger partial charge in [-0.15, -0.1) is 0 Å². The number of carbonyl (C=O) groups is 1. The van der Waals surface area contributed by atoms with Crippen LogP contribution in [0.4, 0.5) is 0 Å². The van der Waals surface area contributed by atoms with Gasteiger partial charge in [-0.3, -0.25) is 9.48 Å². The number of ketones is 1. The molecule has 106 valence electrons. The number of nitrogens with zero attached hydrogens (tertiary/aromatic N) is 2. The number of aromatic nitrogens is 2. The Bertz CT molecular complexity index is 662. The van der Waals surface area contributed by atoms with E-state index in [1.807, 2.05) is 43.7 Å². The van der Waals surface area contributed by atoms with Crippen molar-refractivity contribution in [3.05, 3.63) is 49.7 Å². The Morgan fingerprint density at radius 2 is 2.00 bits per heavy atom. The molecule has 0 fully saturated rings. The predicted molar refractivity (Wildman–Crippen MR) is 87.3 cm³/mol. The number of Topliss-reactive ketones (excluding diaryl/α,β-unsaturated/α-hetero) is 1. The molecule has 0 saturated heterocycles. The van der Waals surface area contributed by atoms with Crippen LogP contribution in [0.1, 0.15) is 34.2 Å². The van der Waals surface area contributed by atoms with Crippen LogP contribution in [0.5, 0.6) is 0 Å². The van der Waals surface area contributed by atoms with Gasteiger partial charge in [0.15, 0.2) is 5.78 Å². The molecule has 1 aromatic heterocycles. The highest BCUT2D eigenvalue weighted by molar-refractivity contribution is 9.10. The SMILES string of the molecule is CCn1nc(C)c(Br)c1CC(=O)c1ccc(C)cc1Br. The van der Waals surface area contributed by atoms with Crippen molar-refractivity contribution in [1.82, 2.24) is 9.78 Å². The van der Waals surface area contributed by atoms with Gasteiger partial charge in [0.25, 0.3) is 0 Å². The molecule has 0 atom stereocenters. The number of aryl methyl sites for hydroxylation is 3. The lowest BCUT2D eigenvalue weighted by molar-refractivity contribution is 0.0989. The maximum atomic E-state index is 12.5. The zero-order chi connectivity index (χ0) is 14.9. The van der Waals surface area contributed by atoms with Crippen LogP contribution in [-0.4, -0.2) is 15.6 Å². The van der Waals surface area contributed by atoms with E-state index in [-0.39, 0.29) is 5.78 Å². The van der Waals surface area contributed by atoms with Gasteiger partial charge >= 0.3 is 0 Å². The van der Waals surface area contributed by atoms with Crippen molar-refractivity contribution in [1.29, 1.82) is 0 Å². The van der Waals surface area contributed by atoms with Crippen LogP contribution >= 0.6 is 31.9 Å². The summed E-state index contributed by atoms with van der Waals surface area (Å²) < 4.78 is 3.65. The van der Waals surface area contributed by atoms with Crippen LogP contribution in [0.2, 0.25) is 0 Å². The summed E-state index contributed by atoms with van der Waals surface area (Å²) in [6, 6.07) is 5.79. The Hall–Kier alpha value is -0.940. The van der Waals surface area contributed by atoms with Crippen LogP contribution < -0.4 is 0 Å². The number of halogens is 2. The first-order chi connectivity index (χ1) is 9.43. The Kier molecular flexibility index (Phi) is 4.81. The molecule has 0 aliphatic heterocycles. The van der Waals surface area contributed by atoms with Gasteiger partial charge in [-0.1, -0.05) is 22.0 Å². The van der Waals surface area contributed by atoms with E-state index in [1.165, 1.54) is 0 Å². The van der Waals surface area contributed by atoms with Gasteiger partial charge in [0.05, 0.1) is 22.3 Å². The third-order valence-corrected chi connectivity index (χ3v) is 4.89. The Labute approximate surface area is 135 Å². The Balaban J connectivity index is 2.32. The highest BCUT2D eigenvalue weighted by Crippen LogP contribution is 2.25. The first-order valence-corrected chi connectivity index (χ1v) is 8.03. The van der Waals surface area contributed by atoms with Crippen molar-refractivity contribution in [3.8, 4) is 0 Å². The lowest BCUT2D eigenvalue weighted by Gasteiger charge is -2.07. The highest BCUT2D eigenvalue weighted by atomic mass is 79.9. The van der Waals surface area contributed by atoms with E-state index in [0.717, 1.165) is 32.4 Å². The molecule has 1 heterocycles.